The number of benzene rings is 3. The molecule has 1 heterocycles. The summed E-state index contributed by atoms with van der Waals surface area (Å²) >= 11 is 12.2. The minimum absolute atomic E-state index is 0.167. The molecule has 0 aliphatic rings. The number of para-hydroxylation sites is 1. The van der Waals surface area contributed by atoms with Crippen molar-refractivity contribution in [3.8, 4) is 5.69 Å². The minimum Gasteiger partial charge on any atom is -0.329 e. The molecular weight excluding hydrogens is 469 g/mol. The molecule has 1 aromatic heterocycles. The molecule has 0 N–H and O–H groups in total. The first-order chi connectivity index (χ1) is 16.2. The molecule has 0 saturated heterocycles. The Bertz CT molecular complexity index is 1460. The summed E-state index contributed by atoms with van der Waals surface area (Å²) in [6, 6.07) is 17.6. The van der Waals surface area contributed by atoms with Crippen LogP contribution >= 0.6 is 23.2 Å². The van der Waals surface area contributed by atoms with E-state index in [4.69, 9.17) is 28.2 Å². The van der Waals surface area contributed by atoms with Gasteiger partial charge in [0.1, 0.15) is 5.82 Å². The van der Waals surface area contributed by atoms with Crippen LogP contribution in [0.25, 0.3) is 16.6 Å². The van der Waals surface area contributed by atoms with Gasteiger partial charge in [-0.05, 0) is 75.2 Å². The maximum atomic E-state index is 13.7. The summed E-state index contributed by atoms with van der Waals surface area (Å²) in [6.45, 7) is 8.14. The van der Waals surface area contributed by atoms with Gasteiger partial charge >= 0.3 is 0 Å². The minimum atomic E-state index is -0.496. The van der Waals surface area contributed by atoms with Gasteiger partial charge in [-0.2, -0.15) is 0 Å². The van der Waals surface area contributed by atoms with Gasteiger partial charge in [0.05, 0.1) is 32.7 Å². The van der Waals surface area contributed by atoms with Crippen LogP contribution in [0.5, 0.6) is 0 Å². The lowest BCUT2D eigenvalue weighted by atomic mass is 10.1. The molecule has 174 valence electrons. The molecule has 0 radical (unpaired) electrons. The Morgan fingerprint density at radius 2 is 1.76 bits per heavy atom. The maximum absolute atomic E-state index is 13.7. The van der Waals surface area contributed by atoms with Crippen LogP contribution in [0.4, 0.5) is 0 Å². The number of carbonyl (C=O) groups is 1. The van der Waals surface area contributed by atoms with Crippen molar-refractivity contribution < 1.29 is 4.79 Å². The van der Waals surface area contributed by atoms with Gasteiger partial charge in [-0.1, -0.05) is 47.5 Å². The smallest absolute Gasteiger partial charge is 0.266 e. The fourth-order valence-corrected chi connectivity index (χ4v) is 4.45. The number of carbonyl (C=O) groups excluding carboxylic acids is 1. The second-order valence-corrected chi connectivity index (χ2v) is 9.13. The number of amides is 1. The van der Waals surface area contributed by atoms with E-state index in [2.05, 4.69) is 0 Å². The van der Waals surface area contributed by atoms with Gasteiger partial charge in [0.25, 0.3) is 11.5 Å². The zero-order valence-corrected chi connectivity index (χ0v) is 21.0. The Balaban J connectivity index is 1.93. The molecule has 4 aromatic rings. The van der Waals surface area contributed by atoms with Crippen LogP contribution in [0.15, 0.2) is 65.5 Å². The number of hydrogen-bond acceptors (Lipinski definition) is 3. The van der Waals surface area contributed by atoms with Crippen LogP contribution in [0.3, 0.4) is 0 Å². The summed E-state index contributed by atoms with van der Waals surface area (Å²) in [7, 11) is 0. The lowest BCUT2D eigenvalue weighted by Gasteiger charge is -2.30. The van der Waals surface area contributed by atoms with E-state index in [-0.39, 0.29) is 11.5 Å². The number of rotatable bonds is 5. The van der Waals surface area contributed by atoms with Crippen molar-refractivity contribution >= 4 is 40.0 Å². The molecule has 1 amide bonds. The molecule has 1 unspecified atom stereocenters. The summed E-state index contributed by atoms with van der Waals surface area (Å²) in [6.07, 6.45) is 0. The van der Waals surface area contributed by atoms with E-state index in [0.717, 1.165) is 16.8 Å². The first-order valence-corrected chi connectivity index (χ1v) is 11.8. The summed E-state index contributed by atoms with van der Waals surface area (Å²) in [5.74, 6) is 0.274. The highest BCUT2D eigenvalue weighted by atomic mass is 35.5. The van der Waals surface area contributed by atoms with Crippen LogP contribution in [0, 0.1) is 13.8 Å². The molecule has 34 heavy (non-hydrogen) atoms. The standard InChI is InChI=1S/C27H25Cl2N3O2/c1-5-31(26(33)19-12-13-21(28)22(29)15-19)18(4)25-30-23-9-7-6-8-20(23)27(34)32(25)24-14-16(2)10-11-17(24)3/h6-15,18H,5H2,1-4H3. The van der Waals surface area contributed by atoms with E-state index in [1.165, 1.54) is 0 Å². The largest absolute Gasteiger partial charge is 0.329 e. The molecule has 0 bridgehead atoms. The zero-order valence-electron chi connectivity index (χ0n) is 19.5. The summed E-state index contributed by atoms with van der Waals surface area (Å²) in [4.78, 5) is 33.8. The fourth-order valence-electron chi connectivity index (χ4n) is 4.15. The molecule has 0 aliphatic carbocycles. The fraction of sp³-hybridized carbons (Fsp3) is 0.222. The highest BCUT2D eigenvalue weighted by Crippen LogP contribution is 2.28. The van der Waals surface area contributed by atoms with Gasteiger partial charge in [0.15, 0.2) is 0 Å². The third kappa shape index (κ3) is 4.33. The van der Waals surface area contributed by atoms with Gasteiger partial charge in [-0.3, -0.25) is 14.2 Å². The summed E-state index contributed by atoms with van der Waals surface area (Å²) < 4.78 is 1.64. The number of halogens is 2. The average molecular weight is 494 g/mol. The predicted octanol–water partition coefficient (Wildman–Crippen LogP) is 6.53. The van der Waals surface area contributed by atoms with Crippen molar-refractivity contribution in [2.75, 3.05) is 6.54 Å². The average Bonchev–Trinajstić information content (AvgIpc) is 2.83. The predicted molar refractivity (Wildman–Crippen MR) is 138 cm³/mol. The number of hydrogen-bond donors (Lipinski definition) is 0. The molecule has 7 heteroatoms. The second-order valence-electron chi connectivity index (χ2n) is 8.31. The SMILES string of the molecule is CCN(C(=O)c1ccc(Cl)c(Cl)c1)C(C)c1nc2ccccc2c(=O)n1-c1cc(C)ccc1C. The van der Waals surface area contributed by atoms with Crippen LogP contribution in [-0.4, -0.2) is 26.9 Å². The van der Waals surface area contributed by atoms with E-state index in [1.807, 2.05) is 64.1 Å². The lowest BCUT2D eigenvalue weighted by molar-refractivity contribution is 0.0693. The molecule has 0 aliphatic heterocycles. The third-order valence-corrected chi connectivity index (χ3v) is 6.76. The highest BCUT2D eigenvalue weighted by molar-refractivity contribution is 6.42. The molecule has 4 rings (SSSR count). The van der Waals surface area contributed by atoms with E-state index in [1.54, 1.807) is 33.7 Å². The monoisotopic (exact) mass is 493 g/mol. The van der Waals surface area contributed by atoms with E-state index < -0.39 is 6.04 Å². The van der Waals surface area contributed by atoms with Crippen LogP contribution in [-0.2, 0) is 0 Å². The van der Waals surface area contributed by atoms with Gasteiger partial charge < -0.3 is 4.90 Å². The molecule has 3 aromatic carbocycles. The van der Waals surface area contributed by atoms with E-state index >= 15 is 0 Å². The Labute approximate surface area is 208 Å². The van der Waals surface area contributed by atoms with Gasteiger partial charge in [0, 0.05) is 12.1 Å². The molecule has 5 nitrogen and oxygen atoms in total. The van der Waals surface area contributed by atoms with Crippen molar-refractivity contribution in [1.82, 2.24) is 14.5 Å². The summed E-state index contributed by atoms with van der Waals surface area (Å²) in [5, 5.41) is 1.22. The Morgan fingerprint density at radius 1 is 1.03 bits per heavy atom. The van der Waals surface area contributed by atoms with Crippen LogP contribution < -0.4 is 5.56 Å². The summed E-state index contributed by atoms with van der Waals surface area (Å²) in [5.41, 5.74) is 3.57. The molecule has 0 spiro atoms. The number of fused-ring (bicyclic) bond motifs is 1. The van der Waals surface area contributed by atoms with E-state index in [9.17, 15) is 9.59 Å². The third-order valence-electron chi connectivity index (χ3n) is 6.02. The quantitative estimate of drug-likeness (QED) is 0.317. The Kier molecular flexibility index (Phi) is 6.78. The lowest BCUT2D eigenvalue weighted by Crippen LogP contribution is -2.37. The van der Waals surface area contributed by atoms with Gasteiger partial charge in [-0.15, -0.1) is 0 Å². The van der Waals surface area contributed by atoms with Crippen molar-refractivity contribution in [1.29, 1.82) is 0 Å². The first-order valence-electron chi connectivity index (χ1n) is 11.1. The first kappa shape index (κ1) is 24.0. The second kappa shape index (κ2) is 9.61. The van der Waals surface area contributed by atoms with Crippen molar-refractivity contribution in [3.05, 3.63) is 104 Å². The Hall–Kier alpha value is -3.15. The van der Waals surface area contributed by atoms with Crippen LogP contribution in [0.1, 0.15) is 47.2 Å². The molecule has 1 atom stereocenters. The maximum Gasteiger partial charge on any atom is 0.266 e. The molecular formula is C27H25Cl2N3O2. The zero-order chi connectivity index (χ0) is 24.6. The van der Waals surface area contributed by atoms with Crippen LogP contribution in [0.2, 0.25) is 10.0 Å². The molecule has 0 saturated carbocycles. The van der Waals surface area contributed by atoms with Gasteiger partial charge in [0.2, 0.25) is 0 Å². The van der Waals surface area contributed by atoms with Crippen molar-refractivity contribution in [2.24, 2.45) is 0 Å². The van der Waals surface area contributed by atoms with Crippen molar-refractivity contribution in [3.63, 3.8) is 0 Å². The Morgan fingerprint density at radius 3 is 2.47 bits per heavy atom. The normalized spacial score (nSPS) is 12.1. The van der Waals surface area contributed by atoms with Gasteiger partial charge in [-0.25, -0.2) is 4.98 Å². The van der Waals surface area contributed by atoms with E-state index in [0.29, 0.717) is 38.9 Å². The molecule has 0 fully saturated rings. The number of nitrogens with zero attached hydrogens (tertiary/aromatic N) is 3. The van der Waals surface area contributed by atoms with Crippen molar-refractivity contribution in [2.45, 2.75) is 33.7 Å². The number of aryl methyl sites for hydroxylation is 2. The topological polar surface area (TPSA) is 55.2 Å². The number of aromatic nitrogens is 2. The highest BCUT2D eigenvalue weighted by Gasteiger charge is 2.27.